The van der Waals surface area contributed by atoms with Crippen molar-refractivity contribution in [2.45, 2.75) is 25.7 Å². The number of ketones is 1. The van der Waals surface area contributed by atoms with Gasteiger partial charge in [0.15, 0.2) is 0 Å². The molecule has 4 aromatic rings. The van der Waals surface area contributed by atoms with Gasteiger partial charge in [0.2, 0.25) is 5.78 Å². The molecule has 140 valence electrons. The van der Waals surface area contributed by atoms with Crippen molar-refractivity contribution in [3.05, 3.63) is 68.5 Å². The van der Waals surface area contributed by atoms with E-state index in [1.54, 1.807) is 35.6 Å². The Balaban J connectivity index is 1.76. The van der Waals surface area contributed by atoms with Gasteiger partial charge < -0.3 is 5.73 Å². The van der Waals surface area contributed by atoms with Crippen molar-refractivity contribution in [3.8, 4) is 10.4 Å². The maximum atomic E-state index is 13.1. The van der Waals surface area contributed by atoms with Crippen LogP contribution in [0.3, 0.4) is 0 Å². The Hall–Kier alpha value is -2.21. The van der Waals surface area contributed by atoms with E-state index in [1.807, 2.05) is 0 Å². The van der Waals surface area contributed by atoms with Crippen LogP contribution < -0.4 is 5.73 Å². The fourth-order valence-electron chi connectivity index (χ4n) is 3.90. The lowest BCUT2D eigenvalue weighted by Crippen LogP contribution is -2.07. The summed E-state index contributed by atoms with van der Waals surface area (Å²) in [7, 11) is 0. The van der Waals surface area contributed by atoms with Crippen LogP contribution in [-0.2, 0) is 12.8 Å². The summed E-state index contributed by atoms with van der Waals surface area (Å²) in [4.78, 5) is 20.7. The molecule has 0 saturated carbocycles. The van der Waals surface area contributed by atoms with Crippen molar-refractivity contribution in [1.29, 1.82) is 0 Å². The number of nitrogens with zero attached hydrogens (tertiary/aromatic N) is 1. The van der Waals surface area contributed by atoms with E-state index in [9.17, 15) is 4.79 Å². The number of halogens is 1. The summed E-state index contributed by atoms with van der Waals surface area (Å²) in [6.45, 7) is 0. The van der Waals surface area contributed by atoms with Crippen LogP contribution in [-0.4, -0.2) is 10.8 Å². The predicted octanol–water partition coefficient (Wildman–Crippen LogP) is 6.37. The van der Waals surface area contributed by atoms with Gasteiger partial charge in [-0.25, -0.2) is 4.98 Å². The second-order valence-corrected chi connectivity index (χ2v) is 9.34. The molecule has 1 aliphatic carbocycles. The third-order valence-corrected chi connectivity index (χ3v) is 7.47. The summed E-state index contributed by atoms with van der Waals surface area (Å²) in [5.41, 5.74) is 11.4. The van der Waals surface area contributed by atoms with Gasteiger partial charge in [-0.3, -0.25) is 4.79 Å². The molecule has 0 fully saturated rings. The Bertz CT molecular complexity index is 1190. The molecule has 28 heavy (non-hydrogen) atoms. The first-order chi connectivity index (χ1) is 13.6. The van der Waals surface area contributed by atoms with Gasteiger partial charge in [0.25, 0.3) is 0 Å². The molecule has 3 aromatic heterocycles. The topological polar surface area (TPSA) is 56.0 Å². The molecule has 0 atom stereocenters. The van der Waals surface area contributed by atoms with E-state index in [4.69, 9.17) is 22.3 Å². The fourth-order valence-corrected chi connectivity index (χ4v) is 5.92. The smallest absolute Gasteiger partial charge is 0.205 e. The highest BCUT2D eigenvalue weighted by molar-refractivity contribution is 7.21. The zero-order chi connectivity index (χ0) is 19.3. The van der Waals surface area contributed by atoms with E-state index in [0.717, 1.165) is 35.2 Å². The minimum absolute atomic E-state index is 0.0766. The quantitative estimate of drug-likeness (QED) is 0.388. The van der Waals surface area contributed by atoms with Crippen molar-refractivity contribution in [1.82, 2.24) is 4.98 Å². The number of carbonyl (C=O) groups is 1. The number of anilines is 1. The Kier molecular flexibility index (Phi) is 4.46. The first-order valence-corrected chi connectivity index (χ1v) is 11.3. The summed E-state index contributed by atoms with van der Waals surface area (Å²) >= 11 is 9.08. The molecule has 2 N–H and O–H groups in total. The molecule has 1 aliphatic rings. The molecular formula is C22H17ClN2OS2. The molecule has 0 spiro atoms. The van der Waals surface area contributed by atoms with E-state index >= 15 is 0 Å². The zero-order valence-corrected chi connectivity index (χ0v) is 17.4. The van der Waals surface area contributed by atoms with Gasteiger partial charge in [-0.1, -0.05) is 17.7 Å². The molecular weight excluding hydrogens is 408 g/mol. The standard InChI is InChI=1S/C22H17ClN2OS2/c23-13-9-7-12(8-10-13)20(26)21-19(24)18-17(16-6-3-11-27-16)14-4-1-2-5-15(14)25-22(18)28-21/h3,6-11H,1-2,4-5,24H2. The highest BCUT2D eigenvalue weighted by Gasteiger charge is 2.26. The van der Waals surface area contributed by atoms with Crippen LogP contribution in [0.1, 0.15) is 39.3 Å². The van der Waals surface area contributed by atoms with Gasteiger partial charge in [-0.2, -0.15) is 0 Å². The van der Waals surface area contributed by atoms with Crippen LogP contribution >= 0.6 is 34.3 Å². The van der Waals surface area contributed by atoms with Crippen LogP contribution in [0.15, 0.2) is 41.8 Å². The lowest BCUT2D eigenvalue weighted by molar-refractivity contribution is 0.104. The molecule has 6 heteroatoms. The summed E-state index contributed by atoms with van der Waals surface area (Å²) in [5, 5.41) is 3.62. The second kappa shape index (κ2) is 6.99. The van der Waals surface area contributed by atoms with E-state index in [-0.39, 0.29) is 5.78 Å². The molecule has 3 heterocycles. The van der Waals surface area contributed by atoms with Crippen LogP contribution in [0, 0.1) is 0 Å². The summed E-state index contributed by atoms with van der Waals surface area (Å²) in [5.74, 6) is -0.0766. The molecule has 0 aliphatic heterocycles. The number of rotatable bonds is 3. The lowest BCUT2D eigenvalue weighted by atomic mass is 9.90. The molecule has 1 aromatic carbocycles. The van der Waals surface area contributed by atoms with Crippen LogP contribution in [0.5, 0.6) is 0 Å². The maximum absolute atomic E-state index is 13.1. The van der Waals surface area contributed by atoms with Crippen LogP contribution in [0.4, 0.5) is 5.69 Å². The molecule has 3 nitrogen and oxygen atoms in total. The van der Waals surface area contributed by atoms with Crippen LogP contribution in [0.25, 0.3) is 20.7 Å². The van der Waals surface area contributed by atoms with Gasteiger partial charge in [0.05, 0.1) is 5.69 Å². The van der Waals surface area contributed by atoms with Gasteiger partial charge in [-0.15, -0.1) is 22.7 Å². The monoisotopic (exact) mass is 424 g/mol. The highest BCUT2D eigenvalue weighted by Crippen LogP contribution is 2.45. The SMILES string of the molecule is Nc1c(C(=O)c2ccc(Cl)cc2)sc2nc3c(c(-c4cccs4)c12)CCCC3. The van der Waals surface area contributed by atoms with E-state index in [1.165, 1.54) is 33.8 Å². The number of hydrogen-bond donors (Lipinski definition) is 1. The number of aromatic nitrogens is 1. The first-order valence-electron chi connectivity index (χ1n) is 9.21. The average Bonchev–Trinajstić information content (AvgIpc) is 3.35. The molecule has 0 amide bonds. The van der Waals surface area contributed by atoms with E-state index in [2.05, 4.69) is 17.5 Å². The molecule has 0 bridgehead atoms. The van der Waals surface area contributed by atoms with E-state index < -0.39 is 0 Å². The summed E-state index contributed by atoms with van der Waals surface area (Å²) < 4.78 is 0. The number of hydrogen-bond acceptors (Lipinski definition) is 5. The minimum Gasteiger partial charge on any atom is -0.397 e. The average molecular weight is 425 g/mol. The number of nitrogen functional groups attached to an aromatic ring is 1. The zero-order valence-electron chi connectivity index (χ0n) is 15.0. The van der Waals surface area contributed by atoms with Crippen molar-refractivity contribution in [2.75, 3.05) is 5.73 Å². The normalized spacial score (nSPS) is 13.6. The molecule has 0 radical (unpaired) electrons. The van der Waals surface area contributed by atoms with Crippen molar-refractivity contribution < 1.29 is 4.79 Å². The Morgan fingerprint density at radius 3 is 2.64 bits per heavy atom. The number of carbonyl (C=O) groups excluding carboxylic acids is 1. The Morgan fingerprint density at radius 2 is 1.89 bits per heavy atom. The number of thiophene rings is 2. The second-order valence-electron chi connectivity index (χ2n) is 6.96. The third-order valence-electron chi connectivity index (χ3n) is 5.23. The first kappa shape index (κ1) is 17.9. The van der Waals surface area contributed by atoms with Crippen molar-refractivity contribution >= 4 is 56.0 Å². The summed E-state index contributed by atoms with van der Waals surface area (Å²) in [6, 6.07) is 11.1. The van der Waals surface area contributed by atoms with Gasteiger partial charge in [0.1, 0.15) is 9.71 Å². The fraction of sp³-hybridized carbons (Fsp3) is 0.182. The number of nitrogens with two attached hydrogens (primary N) is 1. The van der Waals surface area contributed by atoms with Crippen molar-refractivity contribution in [3.63, 3.8) is 0 Å². The van der Waals surface area contributed by atoms with Gasteiger partial charge in [0, 0.05) is 32.1 Å². The summed E-state index contributed by atoms with van der Waals surface area (Å²) in [6.07, 6.45) is 4.33. The number of aryl methyl sites for hydroxylation is 1. The van der Waals surface area contributed by atoms with Crippen LogP contribution in [0.2, 0.25) is 5.02 Å². The van der Waals surface area contributed by atoms with Gasteiger partial charge in [-0.05, 0) is 67.0 Å². The Morgan fingerprint density at radius 1 is 1.11 bits per heavy atom. The number of benzene rings is 1. The van der Waals surface area contributed by atoms with Gasteiger partial charge >= 0.3 is 0 Å². The minimum atomic E-state index is -0.0766. The molecule has 0 unspecified atom stereocenters. The number of fused-ring (bicyclic) bond motifs is 2. The largest absolute Gasteiger partial charge is 0.397 e. The molecule has 5 rings (SSSR count). The Labute approximate surface area is 175 Å². The molecule has 0 saturated heterocycles. The maximum Gasteiger partial charge on any atom is 0.205 e. The van der Waals surface area contributed by atoms with Crippen molar-refractivity contribution in [2.24, 2.45) is 0 Å². The highest BCUT2D eigenvalue weighted by atomic mass is 35.5. The number of pyridine rings is 1. The van der Waals surface area contributed by atoms with E-state index in [0.29, 0.717) is 21.2 Å². The lowest BCUT2D eigenvalue weighted by Gasteiger charge is -2.19. The predicted molar refractivity (Wildman–Crippen MR) is 119 cm³/mol. The third kappa shape index (κ3) is 2.85.